The molecule has 0 saturated carbocycles. The van der Waals surface area contributed by atoms with Crippen LogP contribution in [0, 0.1) is 0 Å². The van der Waals surface area contributed by atoms with Crippen molar-refractivity contribution in [1.82, 2.24) is 0 Å². The number of hydrogen-bond donors (Lipinski definition) is 1. The Bertz CT molecular complexity index is 291. The van der Waals surface area contributed by atoms with Crippen LogP contribution in [0.1, 0.15) is 30.9 Å². The molecule has 70 valence electrons. The zero-order valence-electron chi connectivity index (χ0n) is 8.27. The van der Waals surface area contributed by atoms with Crippen LogP contribution in [0.15, 0.2) is 18.2 Å². The van der Waals surface area contributed by atoms with Gasteiger partial charge in [0.05, 0.1) is 0 Å². The van der Waals surface area contributed by atoms with Crippen LogP contribution in [-0.2, 0) is 12.8 Å². The van der Waals surface area contributed by atoms with Crippen molar-refractivity contribution in [3.05, 3.63) is 29.3 Å². The topological polar surface area (TPSA) is 12.0 Å². The van der Waals surface area contributed by atoms with Gasteiger partial charge in [-0.05, 0) is 55.9 Å². The summed E-state index contributed by atoms with van der Waals surface area (Å²) in [4.78, 5) is 0. The molecule has 0 aromatic heterocycles. The van der Waals surface area contributed by atoms with E-state index in [4.69, 9.17) is 0 Å². The van der Waals surface area contributed by atoms with Gasteiger partial charge in [-0.1, -0.05) is 6.07 Å². The molecule has 1 aromatic rings. The van der Waals surface area contributed by atoms with E-state index in [9.17, 15) is 0 Å². The highest BCUT2D eigenvalue weighted by Gasteiger charge is 2.08. The standard InChI is InChI=1S/C12H17N/c1-2-13-12-8-7-10-5-3-4-6-11(10)9-12/h7-9,13H,2-6H2,1H3. The number of rotatable bonds is 2. The highest BCUT2D eigenvalue weighted by Crippen LogP contribution is 2.23. The third-order valence-corrected chi connectivity index (χ3v) is 2.73. The third kappa shape index (κ3) is 1.85. The van der Waals surface area contributed by atoms with Crippen molar-refractivity contribution in [3.63, 3.8) is 0 Å². The van der Waals surface area contributed by atoms with Crippen molar-refractivity contribution in [1.29, 1.82) is 0 Å². The van der Waals surface area contributed by atoms with Crippen LogP contribution in [0.3, 0.4) is 0 Å². The van der Waals surface area contributed by atoms with E-state index < -0.39 is 0 Å². The lowest BCUT2D eigenvalue weighted by atomic mass is 9.91. The molecule has 0 radical (unpaired) electrons. The molecule has 0 aliphatic heterocycles. The molecule has 0 bridgehead atoms. The molecular weight excluding hydrogens is 158 g/mol. The molecule has 0 spiro atoms. The number of fused-ring (bicyclic) bond motifs is 1. The Balaban J connectivity index is 2.24. The van der Waals surface area contributed by atoms with Gasteiger partial charge in [0, 0.05) is 12.2 Å². The maximum Gasteiger partial charge on any atom is 0.0343 e. The van der Waals surface area contributed by atoms with E-state index in [1.807, 2.05) is 0 Å². The molecule has 1 N–H and O–H groups in total. The van der Waals surface area contributed by atoms with E-state index in [2.05, 4.69) is 30.4 Å². The molecule has 0 atom stereocenters. The number of benzene rings is 1. The number of aryl methyl sites for hydroxylation is 2. The maximum absolute atomic E-state index is 3.36. The summed E-state index contributed by atoms with van der Waals surface area (Å²) in [6.45, 7) is 3.15. The zero-order valence-corrected chi connectivity index (χ0v) is 8.27. The van der Waals surface area contributed by atoms with Gasteiger partial charge in [-0.25, -0.2) is 0 Å². The van der Waals surface area contributed by atoms with Gasteiger partial charge in [0.25, 0.3) is 0 Å². The Morgan fingerprint density at radius 3 is 2.69 bits per heavy atom. The van der Waals surface area contributed by atoms with Crippen molar-refractivity contribution < 1.29 is 0 Å². The minimum atomic E-state index is 1.01. The molecule has 0 amide bonds. The van der Waals surface area contributed by atoms with Crippen LogP contribution < -0.4 is 5.32 Å². The first-order chi connectivity index (χ1) is 6.40. The third-order valence-electron chi connectivity index (χ3n) is 2.73. The summed E-state index contributed by atoms with van der Waals surface area (Å²) in [5.74, 6) is 0. The Kier molecular flexibility index (Phi) is 2.53. The van der Waals surface area contributed by atoms with E-state index in [1.54, 1.807) is 11.1 Å². The van der Waals surface area contributed by atoms with E-state index in [1.165, 1.54) is 31.4 Å². The van der Waals surface area contributed by atoms with Crippen LogP contribution in [0.5, 0.6) is 0 Å². The fourth-order valence-corrected chi connectivity index (χ4v) is 2.05. The summed E-state index contributed by atoms with van der Waals surface area (Å²) in [6.07, 6.45) is 5.28. The van der Waals surface area contributed by atoms with Gasteiger partial charge in [0.2, 0.25) is 0 Å². The highest BCUT2D eigenvalue weighted by molar-refractivity contribution is 5.49. The van der Waals surface area contributed by atoms with Gasteiger partial charge in [-0.15, -0.1) is 0 Å². The molecule has 2 rings (SSSR count). The minimum Gasteiger partial charge on any atom is -0.385 e. The molecule has 1 heteroatoms. The summed E-state index contributed by atoms with van der Waals surface area (Å²) < 4.78 is 0. The van der Waals surface area contributed by atoms with Crippen LogP contribution >= 0.6 is 0 Å². The van der Waals surface area contributed by atoms with Crippen molar-refractivity contribution in [2.75, 3.05) is 11.9 Å². The summed E-state index contributed by atoms with van der Waals surface area (Å²) in [6, 6.07) is 6.80. The molecule has 1 aliphatic carbocycles. The molecule has 1 aliphatic rings. The lowest BCUT2D eigenvalue weighted by Gasteiger charge is -2.16. The van der Waals surface area contributed by atoms with Crippen molar-refractivity contribution >= 4 is 5.69 Å². The Morgan fingerprint density at radius 1 is 1.15 bits per heavy atom. The quantitative estimate of drug-likeness (QED) is 0.728. The Morgan fingerprint density at radius 2 is 1.92 bits per heavy atom. The minimum absolute atomic E-state index is 1.01. The predicted octanol–water partition coefficient (Wildman–Crippen LogP) is 3.00. The molecular formula is C12H17N. The average molecular weight is 175 g/mol. The molecule has 0 fully saturated rings. The maximum atomic E-state index is 3.36. The van der Waals surface area contributed by atoms with Crippen LogP contribution in [-0.4, -0.2) is 6.54 Å². The average Bonchev–Trinajstić information content (AvgIpc) is 2.18. The smallest absolute Gasteiger partial charge is 0.0343 e. The van der Waals surface area contributed by atoms with Crippen LogP contribution in [0.4, 0.5) is 5.69 Å². The predicted molar refractivity (Wildman–Crippen MR) is 57.2 cm³/mol. The first-order valence-corrected chi connectivity index (χ1v) is 5.26. The summed E-state index contributed by atoms with van der Waals surface area (Å²) >= 11 is 0. The number of nitrogens with one attached hydrogen (secondary N) is 1. The van der Waals surface area contributed by atoms with E-state index in [0.29, 0.717) is 0 Å². The fraction of sp³-hybridized carbons (Fsp3) is 0.500. The van der Waals surface area contributed by atoms with Gasteiger partial charge in [-0.2, -0.15) is 0 Å². The van der Waals surface area contributed by atoms with Gasteiger partial charge < -0.3 is 5.32 Å². The molecule has 0 saturated heterocycles. The van der Waals surface area contributed by atoms with Crippen molar-refractivity contribution in [3.8, 4) is 0 Å². The van der Waals surface area contributed by atoms with Crippen LogP contribution in [0.2, 0.25) is 0 Å². The Labute approximate surface area is 80.2 Å². The van der Waals surface area contributed by atoms with E-state index in [-0.39, 0.29) is 0 Å². The summed E-state index contributed by atoms with van der Waals surface area (Å²) in [7, 11) is 0. The first kappa shape index (κ1) is 8.61. The molecule has 13 heavy (non-hydrogen) atoms. The molecule has 0 unspecified atom stereocenters. The monoisotopic (exact) mass is 175 g/mol. The molecule has 1 nitrogen and oxygen atoms in total. The normalized spacial score (nSPS) is 15.2. The van der Waals surface area contributed by atoms with Crippen LogP contribution in [0.25, 0.3) is 0 Å². The number of hydrogen-bond acceptors (Lipinski definition) is 1. The molecule has 1 aromatic carbocycles. The summed E-state index contributed by atoms with van der Waals surface area (Å²) in [5.41, 5.74) is 4.40. The summed E-state index contributed by atoms with van der Waals surface area (Å²) in [5, 5.41) is 3.36. The second-order valence-corrected chi connectivity index (χ2v) is 3.72. The first-order valence-electron chi connectivity index (χ1n) is 5.26. The fourth-order valence-electron chi connectivity index (χ4n) is 2.05. The number of anilines is 1. The lowest BCUT2D eigenvalue weighted by Crippen LogP contribution is -2.04. The lowest BCUT2D eigenvalue weighted by molar-refractivity contribution is 0.686. The SMILES string of the molecule is CCNc1ccc2c(c1)CCCC2. The Hall–Kier alpha value is -0.980. The van der Waals surface area contributed by atoms with Gasteiger partial charge in [0.1, 0.15) is 0 Å². The second-order valence-electron chi connectivity index (χ2n) is 3.72. The van der Waals surface area contributed by atoms with Gasteiger partial charge in [0.15, 0.2) is 0 Å². The van der Waals surface area contributed by atoms with Crippen molar-refractivity contribution in [2.24, 2.45) is 0 Å². The van der Waals surface area contributed by atoms with E-state index in [0.717, 1.165) is 6.54 Å². The highest BCUT2D eigenvalue weighted by atomic mass is 14.8. The van der Waals surface area contributed by atoms with Gasteiger partial charge in [-0.3, -0.25) is 0 Å². The van der Waals surface area contributed by atoms with Gasteiger partial charge >= 0.3 is 0 Å². The zero-order chi connectivity index (χ0) is 9.10. The van der Waals surface area contributed by atoms with E-state index >= 15 is 0 Å². The largest absolute Gasteiger partial charge is 0.385 e. The van der Waals surface area contributed by atoms with Crippen molar-refractivity contribution in [2.45, 2.75) is 32.6 Å². The molecule has 0 heterocycles. The second kappa shape index (κ2) is 3.82.